The van der Waals surface area contributed by atoms with Crippen LogP contribution in [0.5, 0.6) is 0 Å². The molecular formula is C31H30NO+. The summed E-state index contributed by atoms with van der Waals surface area (Å²) >= 11 is 0. The lowest BCUT2D eigenvalue weighted by Gasteiger charge is -2.21. The molecule has 6 rings (SSSR count). The fourth-order valence-corrected chi connectivity index (χ4v) is 5.64. The maximum Gasteiger partial charge on any atom is 0.216 e. The summed E-state index contributed by atoms with van der Waals surface area (Å²) < 4.78 is 8.88. The van der Waals surface area contributed by atoms with Crippen molar-refractivity contribution in [2.75, 3.05) is 0 Å². The molecule has 2 heteroatoms. The predicted molar refractivity (Wildman–Crippen MR) is 137 cm³/mol. The highest BCUT2D eigenvalue weighted by Crippen LogP contribution is 2.51. The summed E-state index contributed by atoms with van der Waals surface area (Å²) in [7, 11) is 2.12. The molecule has 1 aliphatic carbocycles. The van der Waals surface area contributed by atoms with Crippen LogP contribution in [0.4, 0.5) is 0 Å². The van der Waals surface area contributed by atoms with Crippen molar-refractivity contribution in [1.82, 2.24) is 0 Å². The third-order valence-corrected chi connectivity index (χ3v) is 7.65. The number of rotatable bonds is 2. The number of hydrogen-bond acceptors (Lipinski definition) is 1. The first-order chi connectivity index (χ1) is 15.8. The first-order valence-electron chi connectivity index (χ1n) is 11.9. The molecule has 2 nitrogen and oxygen atoms in total. The standard InChI is InChI=1S/C31H30NO/c1-18(2)20-13-14-32(6)27(15-20)29-19(3)11-12-22-24-16-26-23(17-28(24)33-30(22)29)21-9-7-8-10-25(21)31(26,4)5/h7-18H,1-6H3/q+1. The van der Waals surface area contributed by atoms with Gasteiger partial charge in [0.1, 0.15) is 18.2 Å². The summed E-state index contributed by atoms with van der Waals surface area (Å²) in [6, 6.07) is 22.4. The van der Waals surface area contributed by atoms with Gasteiger partial charge in [0.25, 0.3) is 0 Å². The normalized spacial score (nSPS) is 14.3. The lowest BCUT2D eigenvalue weighted by atomic mass is 9.82. The first kappa shape index (κ1) is 20.2. The molecule has 33 heavy (non-hydrogen) atoms. The average molecular weight is 433 g/mol. The Morgan fingerprint density at radius 1 is 0.848 bits per heavy atom. The quantitative estimate of drug-likeness (QED) is 0.260. The van der Waals surface area contributed by atoms with Crippen molar-refractivity contribution in [2.24, 2.45) is 7.05 Å². The van der Waals surface area contributed by atoms with Gasteiger partial charge in [0.15, 0.2) is 6.20 Å². The third-order valence-electron chi connectivity index (χ3n) is 7.65. The van der Waals surface area contributed by atoms with Crippen LogP contribution in [-0.2, 0) is 12.5 Å². The van der Waals surface area contributed by atoms with Gasteiger partial charge < -0.3 is 4.42 Å². The smallest absolute Gasteiger partial charge is 0.216 e. The molecule has 2 aromatic heterocycles. The second-order valence-corrected chi connectivity index (χ2v) is 10.4. The Morgan fingerprint density at radius 2 is 1.64 bits per heavy atom. The molecule has 164 valence electrons. The van der Waals surface area contributed by atoms with Crippen LogP contribution in [0.1, 0.15) is 55.9 Å². The van der Waals surface area contributed by atoms with Crippen molar-refractivity contribution in [3.63, 3.8) is 0 Å². The highest BCUT2D eigenvalue weighted by Gasteiger charge is 2.36. The van der Waals surface area contributed by atoms with E-state index in [0.717, 1.165) is 11.2 Å². The van der Waals surface area contributed by atoms with E-state index < -0.39 is 0 Å². The van der Waals surface area contributed by atoms with Crippen molar-refractivity contribution < 1.29 is 8.98 Å². The van der Waals surface area contributed by atoms with Crippen LogP contribution < -0.4 is 4.57 Å². The number of furan rings is 1. The van der Waals surface area contributed by atoms with E-state index in [0.29, 0.717) is 5.92 Å². The van der Waals surface area contributed by atoms with E-state index in [2.05, 4.69) is 113 Å². The van der Waals surface area contributed by atoms with Gasteiger partial charge >= 0.3 is 0 Å². The molecule has 0 radical (unpaired) electrons. The van der Waals surface area contributed by atoms with Gasteiger partial charge in [-0.25, -0.2) is 4.57 Å². The van der Waals surface area contributed by atoms with Crippen LogP contribution in [0.15, 0.2) is 71.3 Å². The molecule has 0 amide bonds. The second-order valence-electron chi connectivity index (χ2n) is 10.4. The lowest BCUT2D eigenvalue weighted by Crippen LogP contribution is -2.31. The van der Waals surface area contributed by atoms with Crippen LogP contribution in [0.25, 0.3) is 44.3 Å². The van der Waals surface area contributed by atoms with Gasteiger partial charge in [-0.2, -0.15) is 0 Å². The summed E-state index contributed by atoms with van der Waals surface area (Å²) in [4.78, 5) is 0. The molecule has 0 saturated heterocycles. The van der Waals surface area contributed by atoms with Crippen molar-refractivity contribution in [3.8, 4) is 22.4 Å². The molecule has 0 saturated carbocycles. The van der Waals surface area contributed by atoms with Gasteiger partial charge in [-0.15, -0.1) is 0 Å². The second kappa shape index (κ2) is 6.81. The van der Waals surface area contributed by atoms with Crippen LogP contribution in [0.3, 0.4) is 0 Å². The molecular weight excluding hydrogens is 402 g/mol. The largest absolute Gasteiger partial charge is 0.455 e. The zero-order valence-corrected chi connectivity index (χ0v) is 20.3. The molecule has 3 aromatic carbocycles. The van der Waals surface area contributed by atoms with Crippen molar-refractivity contribution in [1.29, 1.82) is 0 Å². The highest BCUT2D eigenvalue weighted by atomic mass is 16.3. The van der Waals surface area contributed by atoms with Gasteiger partial charge in [0, 0.05) is 28.3 Å². The van der Waals surface area contributed by atoms with Crippen molar-refractivity contribution in [2.45, 2.75) is 46.0 Å². The number of hydrogen-bond donors (Lipinski definition) is 0. The summed E-state index contributed by atoms with van der Waals surface area (Å²) in [6.45, 7) is 11.3. The Hall–Kier alpha value is -3.39. The molecule has 1 aliphatic rings. The van der Waals surface area contributed by atoms with E-state index in [4.69, 9.17) is 4.42 Å². The first-order valence-corrected chi connectivity index (χ1v) is 11.9. The molecule has 0 atom stereocenters. The fourth-order valence-electron chi connectivity index (χ4n) is 5.64. The van der Waals surface area contributed by atoms with Gasteiger partial charge in [-0.1, -0.05) is 64.1 Å². The molecule has 0 aliphatic heterocycles. The Labute approximate surface area is 195 Å². The van der Waals surface area contributed by atoms with E-state index in [1.807, 2.05) is 0 Å². The Kier molecular flexibility index (Phi) is 4.17. The van der Waals surface area contributed by atoms with E-state index >= 15 is 0 Å². The lowest BCUT2D eigenvalue weighted by molar-refractivity contribution is -0.660. The van der Waals surface area contributed by atoms with E-state index in [1.165, 1.54) is 55.4 Å². The molecule has 5 aromatic rings. The van der Waals surface area contributed by atoms with Crippen LogP contribution >= 0.6 is 0 Å². The zero-order chi connectivity index (χ0) is 23.1. The Bertz CT molecular complexity index is 1580. The fraction of sp³-hybridized carbons (Fsp3) is 0.258. The predicted octanol–water partition coefficient (Wildman–Crippen LogP) is 7.82. The molecule has 0 unspecified atom stereocenters. The van der Waals surface area contributed by atoms with E-state index in [1.54, 1.807) is 0 Å². The summed E-state index contributed by atoms with van der Waals surface area (Å²) in [5.74, 6) is 0.477. The van der Waals surface area contributed by atoms with E-state index in [9.17, 15) is 0 Å². The number of pyridine rings is 1. The van der Waals surface area contributed by atoms with E-state index in [-0.39, 0.29) is 5.41 Å². The minimum atomic E-state index is -0.0186. The highest BCUT2D eigenvalue weighted by molar-refractivity contribution is 6.11. The number of aryl methyl sites for hydroxylation is 2. The van der Waals surface area contributed by atoms with Gasteiger partial charge in [0.2, 0.25) is 5.69 Å². The molecule has 0 fully saturated rings. The molecule has 0 spiro atoms. The van der Waals surface area contributed by atoms with Crippen molar-refractivity contribution >= 4 is 21.9 Å². The number of benzene rings is 3. The van der Waals surface area contributed by atoms with Gasteiger partial charge in [0.05, 0.1) is 5.56 Å². The minimum absolute atomic E-state index is 0.0186. The van der Waals surface area contributed by atoms with Gasteiger partial charge in [-0.3, -0.25) is 0 Å². The molecule has 0 N–H and O–H groups in total. The summed E-state index contributed by atoms with van der Waals surface area (Å²) in [5, 5.41) is 2.39. The molecule has 2 heterocycles. The van der Waals surface area contributed by atoms with Crippen LogP contribution in [0.2, 0.25) is 0 Å². The maximum atomic E-state index is 6.67. The minimum Gasteiger partial charge on any atom is -0.455 e. The monoisotopic (exact) mass is 432 g/mol. The molecule has 0 bridgehead atoms. The van der Waals surface area contributed by atoms with Crippen LogP contribution in [-0.4, -0.2) is 0 Å². The number of aromatic nitrogens is 1. The van der Waals surface area contributed by atoms with Crippen LogP contribution in [0, 0.1) is 6.92 Å². The summed E-state index contributed by atoms with van der Waals surface area (Å²) in [5.41, 5.74) is 12.3. The SMILES string of the molecule is Cc1ccc2c(oc3cc4c(cc32)C(C)(C)c2ccccc2-4)c1-c1cc(C(C)C)cc[n+]1C. The van der Waals surface area contributed by atoms with Gasteiger partial charge in [-0.05, 0) is 58.4 Å². The zero-order valence-electron chi connectivity index (χ0n) is 20.3. The topological polar surface area (TPSA) is 17.0 Å². The maximum absolute atomic E-state index is 6.67. The average Bonchev–Trinajstić information content (AvgIpc) is 3.26. The Morgan fingerprint density at radius 3 is 2.42 bits per heavy atom. The number of nitrogens with zero attached hydrogens (tertiary/aromatic N) is 1. The summed E-state index contributed by atoms with van der Waals surface area (Å²) in [6.07, 6.45) is 2.17. The number of fused-ring (bicyclic) bond motifs is 6. The van der Waals surface area contributed by atoms with Crippen molar-refractivity contribution in [3.05, 3.63) is 89.1 Å². The Balaban J connectivity index is 1.67. The third kappa shape index (κ3) is 2.76.